The zero-order valence-electron chi connectivity index (χ0n) is 9.50. The first-order valence-corrected chi connectivity index (χ1v) is 5.53. The van der Waals surface area contributed by atoms with E-state index in [1.54, 1.807) is 0 Å². The molecule has 0 amide bonds. The minimum atomic E-state index is 0.878. The summed E-state index contributed by atoms with van der Waals surface area (Å²) >= 11 is 0. The average molecular weight is 194 g/mol. The molecule has 80 valence electrons. The van der Waals surface area contributed by atoms with Crippen LogP contribution >= 0.6 is 0 Å². The lowest BCUT2D eigenvalue weighted by molar-refractivity contribution is 0.178. The molecule has 1 aliphatic rings. The molecule has 1 fully saturated rings. The Labute approximate surface area is 88.3 Å². The maximum absolute atomic E-state index is 5.24. The summed E-state index contributed by atoms with van der Waals surface area (Å²) in [6.07, 6.45) is 8.81. The highest BCUT2D eigenvalue weighted by Gasteiger charge is 2.17. The first-order chi connectivity index (χ1) is 6.72. The van der Waals surface area contributed by atoms with Crippen molar-refractivity contribution in [3.63, 3.8) is 0 Å². The number of terminal acetylenes is 1. The van der Waals surface area contributed by atoms with Crippen molar-refractivity contribution in [2.24, 2.45) is 5.92 Å². The molecule has 0 spiro atoms. The number of piperidine rings is 1. The lowest BCUT2D eigenvalue weighted by Gasteiger charge is -2.31. The topological polar surface area (TPSA) is 6.48 Å². The van der Waals surface area contributed by atoms with Crippen molar-refractivity contribution < 1.29 is 0 Å². The summed E-state index contributed by atoms with van der Waals surface area (Å²) in [7, 11) is 4.38. The highest BCUT2D eigenvalue weighted by Crippen LogP contribution is 2.16. The molecule has 0 aliphatic carbocycles. The maximum atomic E-state index is 5.24. The fourth-order valence-electron chi connectivity index (χ4n) is 2.03. The second-order valence-corrected chi connectivity index (χ2v) is 4.46. The Hall–Kier alpha value is -0.520. The molecule has 14 heavy (non-hydrogen) atoms. The van der Waals surface area contributed by atoms with Crippen LogP contribution in [0.4, 0.5) is 0 Å². The molecule has 0 unspecified atom stereocenters. The van der Waals surface area contributed by atoms with Gasteiger partial charge in [0.2, 0.25) is 0 Å². The van der Waals surface area contributed by atoms with E-state index in [1.165, 1.54) is 32.5 Å². The van der Waals surface area contributed by atoms with Crippen molar-refractivity contribution >= 4 is 0 Å². The van der Waals surface area contributed by atoms with Crippen LogP contribution in [0.3, 0.4) is 0 Å². The molecule has 0 saturated carbocycles. The molecule has 0 bridgehead atoms. The number of nitrogens with zero attached hydrogens (tertiary/aromatic N) is 2. The molecule has 0 aromatic heterocycles. The summed E-state index contributed by atoms with van der Waals surface area (Å²) in [5.74, 6) is 3.58. The van der Waals surface area contributed by atoms with Gasteiger partial charge >= 0.3 is 0 Å². The molecule has 0 aromatic rings. The molecule has 1 saturated heterocycles. The van der Waals surface area contributed by atoms with Crippen LogP contribution in [0.1, 0.15) is 19.3 Å². The van der Waals surface area contributed by atoms with Crippen molar-refractivity contribution in [2.75, 3.05) is 40.3 Å². The van der Waals surface area contributed by atoms with E-state index >= 15 is 0 Å². The molecule has 1 aliphatic heterocycles. The van der Waals surface area contributed by atoms with Gasteiger partial charge in [-0.25, -0.2) is 0 Å². The van der Waals surface area contributed by atoms with E-state index in [-0.39, 0.29) is 0 Å². The fourth-order valence-corrected chi connectivity index (χ4v) is 2.03. The van der Waals surface area contributed by atoms with Crippen LogP contribution in [0.15, 0.2) is 0 Å². The zero-order chi connectivity index (χ0) is 10.4. The minimum absolute atomic E-state index is 0.878. The molecule has 1 heterocycles. The lowest BCUT2D eigenvalue weighted by atomic mass is 9.97. The number of likely N-dealkylation sites (tertiary alicyclic amines) is 1. The van der Waals surface area contributed by atoms with E-state index in [2.05, 4.69) is 29.8 Å². The van der Waals surface area contributed by atoms with Gasteiger partial charge in [-0.1, -0.05) is 0 Å². The second kappa shape index (κ2) is 6.06. The van der Waals surface area contributed by atoms with Gasteiger partial charge in [0, 0.05) is 19.5 Å². The van der Waals surface area contributed by atoms with Crippen molar-refractivity contribution in [2.45, 2.75) is 19.3 Å². The van der Waals surface area contributed by atoms with Crippen molar-refractivity contribution in [3.05, 3.63) is 0 Å². The SMILES string of the molecule is C#CCCN(C)CC1CCN(C)CC1. The molecule has 2 nitrogen and oxygen atoms in total. The second-order valence-electron chi connectivity index (χ2n) is 4.46. The summed E-state index contributed by atoms with van der Waals surface area (Å²) < 4.78 is 0. The van der Waals surface area contributed by atoms with Crippen LogP contribution in [0, 0.1) is 18.3 Å². The summed E-state index contributed by atoms with van der Waals surface area (Å²) in [4.78, 5) is 4.79. The number of hydrogen-bond acceptors (Lipinski definition) is 2. The smallest absolute Gasteiger partial charge is 0.0214 e. The van der Waals surface area contributed by atoms with Crippen LogP contribution in [0.25, 0.3) is 0 Å². The van der Waals surface area contributed by atoms with Crippen molar-refractivity contribution in [1.82, 2.24) is 9.80 Å². The Morgan fingerprint density at radius 3 is 2.64 bits per heavy atom. The largest absolute Gasteiger partial charge is 0.306 e. The maximum Gasteiger partial charge on any atom is 0.0214 e. The van der Waals surface area contributed by atoms with Gasteiger partial charge in [-0.05, 0) is 45.9 Å². The van der Waals surface area contributed by atoms with Gasteiger partial charge in [0.15, 0.2) is 0 Å². The summed E-state index contributed by atoms with van der Waals surface area (Å²) in [6.45, 7) is 4.78. The third kappa shape index (κ3) is 4.13. The summed E-state index contributed by atoms with van der Waals surface area (Å²) in [6, 6.07) is 0. The van der Waals surface area contributed by atoms with Gasteiger partial charge in [0.25, 0.3) is 0 Å². The van der Waals surface area contributed by atoms with E-state index in [0.29, 0.717) is 0 Å². The van der Waals surface area contributed by atoms with Gasteiger partial charge in [-0.15, -0.1) is 12.3 Å². The van der Waals surface area contributed by atoms with Crippen LogP contribution < -0.4 is 0 Å². The zero-order valence-corrected chi connectivity index (χ0v) is 9.50. The van der Waals surface area contributed by atoms with Gasteiger partial charge in [-0.2, -0.15) is 0 Å². The van der Waals surface area contributed by atoms with E-state index in [0.717, 1.165) is 18.9 Å². The monoisotopic (exact) mass is 194 g/mol. The van der Waals surface area contributed by atoms with Gasteiger partial charge in [-0.3, -0.25) is 0 Å². The Morgan fingerprint density at radius 2 is 2.07 bits per heavy atom. The minimum Gasteiger partial charge on any atom is -0.306 e. The van der Waals surface area contributed by atoms with Crippen LogP contribution in [0.5, 0.6) is 0 Å². The molecular formula is C12H22N2. The normalized spacial score (nSPS) is 19.9. The Bertz CT molecular complexity index is 187. The highest BCUT2D eigenvalue weighted by molar-refractivity contribution is 4.84. The molecule has 1 rings (SSSR count). The Morgan fingerprint density at radius 1 is 1.43 bits per heavy atom. The van der Waals surface area contributed by atoms with E-state index < -0.39 is 0 Å². The third-order valence-corrected chi connectivity index (χ3v) is 3.05. The molecule has 0 N–H and O–H groups in total. The van der Waals surface area contributed by atoms with Crippen molar-refractivity contribution in [1.29, 1.82) is 0 Å². The lowest BCUT2D eigenvalue weighted by Crippen LogP contribution is -2.35. The first kappa shape index (κ1) is 11.6. The van der Waals surface area contributed by atoms with E-state index in [4.69, 9.17) is 6.42 Å². The van der Waals surface area contributed by atoms with E-state index in [1.807, 2.05) is 0 Å². The van der Waals surface area contributed by atoms with Crippen molar-refractivity contribution in [3.8, 4) is 12.3 Å². The van der Waals surface area contributed by atoms with Crippen LogP contribution in [-0.2, 0) is 0 Å². The standard InChI is InChI=1S/C12H22N2/c1-4-5-8-14(3)11-12-6-9-13(2)10-7-12/h1,12H,5-11H2,2-3H3. The van der Waals surface area contributed by atoms with Gasteiger partial charge in [0.05, 0.1) is 0 Å². The van der Waals surface area contributed by atoms with Crippen LogP contribution in [0.2, 0.25) is 0 Å². The Balaban J connectivity index is 2.14. The average Bonchev–Trinajstić information content (AvgIpc) is 2.18. The quantitative estimate of drug-likeness (QED) is 0.622. The summed E-state index contributed by atoms with van der Waals surface area (Å²) in [5.41, 5.74) is 0. The molecule has 0 radical (unpaired) electrons. The van der Waals surface area contributed by atoms with Gasteiger partial charge in [0.1, 0.15) is 0 Å². The molecular weight excluding hydrogens is 172 g/mol. The van der Waals surface area contributed by atoms with Gasteiger partial charge < -0.3 is 9.80 Å². The van der Waals surface area contributed by atoms with Crippen LogP contribution in [-0.4, -0.2) is 50.1 Å². The Kier molecular flexibility index (Phi) is 5.00. The molecule has 0 aromatic carbocycles. The third-order valence-electron chi connectivity index (χ3n) is 3.05. The number of hydrogen-bond donors (Lipinski definition) is 0. The fraction of sp³-hybridized carbons (Fsp3) is 0.833. The number of rotatable bonds is 4. The first-order valence-electron chi connectivity index (χ1n) is 5.53. The summed E-state index contributed by atoms with van der Waals surface area (Å²) in [5, 5.41) is 0. The predicted octanol–water partition coefficient (Wildman–Crippen LogP) is 1.28. The predicted molar refractivity (Wildman–Crippen MR) is 61.2 cm³/mol. The highest BCUT2D eigenvalue weighted by atomic mass is 15.1. The van der Waals surface area contributed by atoms with E-state index in [9.17, 15) is 0 Å². The molecule has 0 atom stereocenters. The molecule has 2 heteroatoms.